The van der Waals surface area contributed by atoms with Gasteiger partial charge in [-0.05, 0) is 23.3 Å². The second-order valence-electron chi connectivity index (χ2n) is 4.38. The zero-order valence-corrected chi connectivity index (χ0v) is 12.0. The van der Waals surface area contributed by atoms with Crippen molar-refractivity contribution in [2.24, 2.45) is 0 Å². The summed E-state index contributed by atoms with van der Waals surface area (Å²) in [5.41, 5.74) is 1.71. The third-order valence-corrected chi connectivity index (χ3v) is 4.27. The molecule has 1 heterocycles. The summed E-state index contributed by atoms with van der Waals surface area (Å²) in [6.45, 7) is 0.301. The number of benzene rings is 1. The summed E-state index contributed by atoms with van der Waals surface area (Å²) in [5.74, 6) is 0. The molecule has 0 saturated heterocycles. The highest BCUT2D eigenvalue weighted by atomic mass is 32.2. The highest BCUT2D eigenvalue weighted by Crippen LogP contribution is 2.10. The second kappa shape index (κ2) is 6.45. The molecule has 0 saturated carbocycles. The van der Waals surface area contributed by atoms with Crippen molar-refractivity contribution in [1.82, 2.24) is 9.29 Å². The van der Waals surface area contributed by atoms with E-state index >= 15 is 0 Å². The van der Waals surface area contributed by atoms with Gasteiger partial charge in [0.1, 0.15) is 0 Å². The van der Waals surface area contributed by atoms with Gasteiger partial charge in [-0.25, -0.2) is 8.42 Å². The molecule has 0 aliphatic heterocycles. The number of hydrogen-bond donors (Lipinski definition) is 0. The van der Waals surface area contributed by atoms with Crippen LogP contribution in [0.25, 0.3) is 6.08 Å². The van der Waals surface area contributed by atoms with Gasteiger partial charge in [0.2, 0.25) is 10.0 Å². The lowest BCUT2D eigenvalue weighted by Gasteiger charge is -2.14. The smallest absolute Gasteiger partial charge is 0.236 e. The molecule has 104 valence electrons. The summed E-state index contributed by atoms with van der Waals surface area (Å²) in [7, 11) is -1.88. The molecule has 1 aromatic carbocycles. The van der Waals surface area contributed by atoms with Gasteiger partial charge in [-0.3, -0.25) is 4.98 Å². The molecular formula is C15H16N2O2S. The Morgan fingerprint density at radius 3 is 2.55 bits per heavy atom. The monoisotopic (exact) mass is 288 g/mol. The lowest BCUT2D eigenvalue weighted by atomic mass is 10.2. The predicted molar refractivity (Wildman–Crippen MR) is 80.1 cm³/mol. The van der Waals surface area contributed by atoms with Crippen molar-refractivity contribution in [2.75, 3.05) is 7.05 Å². The minimum atomic E-state index is -3.43. The maximum Gasteiger partial charge on any atom is 0.236 e. The molecule has 0 atom stereocenters. The van der Waals surface area contributed by atoms with Crippen molar-refractivity contribution in [3.8, 4) is 0 Å². The van der Waals surface area contributed by atoms with E-state index in [9.17, 15) is 8.42 Å². The number of pyridine rings is 1. The van der Waals surface area contributed by atoms with Gasteiger partial charge in [0.15, 0.2) is 0 Å². The van der Waals surface area contributed by atoms with Crippen LogP contribution in [0, 0.1) is 0 Å². The fraction of sp³-hybridized carbons (Fsp3) is 0.133. The quantitative estimate of drug-likeness (QED) is 0.849. The summed E-state index contributed by atoms with van der Waals surface area (Å²) in [6, 6.07) is 13.0. The van der Waals surface area contributed by atoms with Crippen molar-refractivity contribution < 1.29 is 8.42 Å². The van der Waals surface area contributed by atoms with Crippen molar-refractivity contribution in [1.29, 1.82) is 0 Å². The second-order valence-corrected chi connectivity index (χ2v) is 6.30. The third-order valence-electron chi connectivity index (χ3n) is 2.79. The fourth-order valence-electron chi connectivity index (χ4n) is 1.67. The van der Waals surface area contributed by atoms with Gasteiger partial charge in [0.25, 0.3) is 0 Å². The molecule has 2 rings (SSSR count). The van der Waals surface area contributed by atoms with Crippen LogP contribution >= 0.6 is 0 Å². The molecule has 0 spiro atoms. The largest absolute Gasteiger partial charge is 0.264 e. The topological polar surface area (TPSA) is 50.3 Å². The lowest BCUT2D eigenvalue weighted by Crippen LogP contribution is -2.24. The van der Waals surface area contributed by atoms with Crippen LogP contribution in [0.4, 0.5) is 0 Å². The zero-order valence-electron chi connectivity index (χ0n) is 11.2. The maximum atomic E-state index is 12.1. The fourth-order valence-corrected chi connectivity index (χ4v) is 2.54. The number of hydrogen-bond acceptors (Lipinski definition) is 3. The van der Waals surface area contributed by atoms with Crippen molar-refractivity contribution in [3.05, 3.63) is 71.4 Å². The highest BCUT2D eigenvalue weighted by Gasteiger charge is 2.14. The van der Waals surface area contributed by atoms with E-state index in [0.29, 0.717) is 6.54 Å². The first-order valence-electron chi connectivity index (χ1n) is 6.16. The van der Waals surface area contributed by atoms with Crippen LogP contribution in [0.1, 0.15) is 11.1 Å². The van der Waals surface area contributed by atoms with Gasteiger partial charge in [-0.1, -0.05) is 36.4 Å². The summed E-state index contributed by atoms with van der Waals surface area (Å²) in [5, 5.41) is 1.22. The third kappa shape index (κ3) is 4.01. The highest BCUT2D eigenvalue weighted by molar-refractivity contribution is 7.92. The minimum absolute atomic E-state index is 0.301. The summed E-state index contributed by atoms with van der Waals surface area (Å²) < 4.78 is 25.5. The Morgan fingerprint density at radius 1 is 1.15 bits per heavy atom. The summed E-state index contributed by atoms with van der Waals surface area (Å²) in [4.78, 5) is 3.97. The Bertz CT molecular complexity index is 668. The summed E-state index contributed by atoms with van der Waals surface area (Å²) >= 11 is 0. The number of aromatic nitrogens is 1. The Hall–Kier alpha value is -1.98. The number of nitrogens with zero attached hydrogens (tertiary/aromatic N) is 2. The number of sulfonamides is 1. The van der Waals surface area contributed by atoms with E-state index in [4.69, 9.17) is 0 Å². The molecule has 0 radical (unpaired) electrons. The van der Waals surface area contributed by atoms with Gasteiger partial charge in [0.05, 0.1) is 0 Å². The molecule has 5 heteroatoms. The molecule has 2 aromatic rings. The standard InChI is InChI=1S/C15H16N2O2S/c1-17(13-15-8-5-10-16-12-15)20(18,19)11-9-14-6-3-2-4-7-14/h2-12H,13H2,1H3/b11-9+. The van der Waals surface area contributed by atoms with Crippen LogP contribution in [0.3, 0.4) is 0 Å². The van der Waals surface area contributed by atoms with E-state index < -0.39 is 10.0 Å². The SMILES string of the molecule is CN(Cc1cccnc1)S(=O)(=O)/C=C/c1ccccc1. The maximum absolute atomic E-state index is 12.1. The van der Waals surface area contributed by atoms with Gasteiger partial charge in [0, 0.05) is 31.4 Å². The van der Waals surface area contributed by atoms with Gasteiger partial charge < -0.3 is 0 Å². The van der Waals surface area contributed by atoms with Crippen LogP contribution in [-0.2, 0) is 16.6 Å². The Labute approximate surface area is 119 Å². The van der Waals surface area contributed by atoms with Crippen molar-refractivity contribution in [3.63, 3.8) is 0 Å². The van der Waals surface area contributed by atoms with E-state index in [0.717, 1.165) is 11.1 Å². The Morgan fingerprint density at radius 2 is 1.90 bits per heavy atom. The van der Waals surface area contributed by atoms with E-state index in [-0.39, 0.29) is 0 Å². The van der Waals surface area contributed by atoms with Crippen LogP contribution in [0.15, 0.2) is 60.3 Å². The zero-order chi connectivity index (χ0) is 14.4. The van der Waals surface area contributed by atoms with Crippen LogP contribution in [0.5, 0.6) is 0 Å². The van der Waals surface area contributed by atoms with Gasteiger partial charge in [-0.2, -0.15) is 4.31 Å². The summed E-state index contributed by atoms with van der Waals surface area (Å²) in [6.07, 6.45) is 4.91. The number of rotatable bonds is 5. The average molecular weight is 288 g/mol. The van der Waals surface area contributed by atoms with E-state index in [2.05, 4.69) is 4.98 Å². The van der Waals surface area contributed by atoms with Crippen molar-refractivity contribution >= 4 is 16.1 Å². The van der Waals surface area contributed by atoms with Crippen LogP contribution in [0.2, 0.25) is 0 Å². The minimum Gasteiger partial charge on any atom is -0.264 e. The van der Waals surface area contributed by atoms with E-state index in [1.807, 2.05) is 36.4 Å². The molecule has 0 N–H and O–H groups in total. The Kier molecular flexibility index (Phi) is 4.65. The molecule has 4 nitrogen and oxygen atoms in total. The molecule has 0 fully saturated rings. The first-order chi connectivity index (χ1) is 9.58. The average Bonchev–Trinajstić information content (AvgIpc) is 2.47. The van der Waals surface area contributed by atoms with E-state index in [1.165, 1.54) is 9.71 Å². The molecule has 0 unspecified atom stereocenters. The molecule has 1 aromatic heterocycles. The first kappa shape index (κ1) is 14.4. The molecular weight excluding hydrogens is 272 g/mol. The lowest BCUT2D eigenvalue weighted by molar-refractivity contribution is 0.475. The normalized spacial score (nSPS) is 12.1. The predicted octanol–water partition coefficient (Wildman–Crippen LogP) is 2.51. The molecule has 0 bridgehead atoms. The van der Waals surface area contributed by atoms with E-state index in [1.54, 1.807) is 31.6 Å². The molecule has 20 heavy (non-hydrogen) atoms. The van der Waals surface area contributed by atoms with Crippen LogP contribution < -0.4 is 0 Å². The van der Waals surface area contributed by atoms with Crippen LogP contribution in [-0.4, -0.2) is 24.8 Å². The van der Waals surface area contributed by atoms with Crippen molar-refractivity contribution in [2.45, 2.75) is 6.54 Å². The van der Waals surface area contributed by atoms with Gasteiger partial charge >= 0.3 is 0 Å². The molecule has 0 aliphatic carbocycles. The first-order valence-corrected chi connectivity index (χ1v) is 7.66. The molecule has 0 aliphatic rings. The molecule has 0 amide bonds. The Balaban J connectivity index is 2.08. The van der Waals surface area contributed by atoms with Gasteiger partial charge in [-0.15, -0.1) is 0 Å².